The Hall–Kier alpha value is -2.35. The monoisotopic (exact) mass is 492 g/mol. The van der Waals surface area contributed by atoms with Crippen molar-refractivity contribution in [1.82, 2.24) is 10.1 Å². The van der Waals surface area contributed by atoms with Gasteiger partial charge in [0.15, 0.2) is 9.84 Å². The summed E-state index contributed by atoms with van der Waals surface area (Å²) in [7, 11) is -3.62. The van der Waals surface area contributed by atoms with Gasteiger partial charge in [-0.1, -0.05) is 46.6 Å². The van der Waals surface area contributed by atoms with Crippen LogP contribution in [-0.4, -0.2) is 30.9 Å². The van der Waals surface area contributed by atoms with Crippen molar-refractivity contribution in [2.24, 2.45) is 0 Å². The molecule has 1 aliphatic heterocycles. The Balaban J connectivity index is 1.60. The minimum absolute atomic E-state index is 0.0850. The molecular formula is C23H22Cl2N2O4S. The van der Waals surface area contributed by atoms with Crippen LogP contribution in [0.4, 0.5) is 0 Å². The third-order valence-corrected chi connectivity index (χ3v) is 8.19. The summed E-state index contributed by atoms with van der Waals surface area (Å²) >= 11 is 12.5. The van der Waals surface area contributed by atoms with Crippen molar-refractivity contribution >= 4 is 38.9 Å². The largest absolute Gasteiger partial charge is 0.361 e. The number of nitrogens with zero attached hydrogens (tertiary/aromatic N) is 2. The lowest BCUT2D eigenvalue weighted by Gasteiger charge is -2.36. The van der Waals surface area contributed by atoms with Crippen LogP contribution >= 0.6 is 23.2 Å². The van der Waals surface area contributed by atoms with Gasteiger partial charge < -0.3 is 9.42 Å². The summed E-state index contributed by atoms with van der Waals surface area (Å²) in [6.07, 6.45) is 0.524. The van der Waals surface area contributed by atoms with Crippen molar-refractivity contribution in [3.8, 4) is 0 Å². The first kappa shape index (κ1) is 22.8. The molecule has 0 bridgehead atoms. The number of hydrogen-bond donors (Lipinski definition) is 0. The maximum Gasteiger partial charge on any atom is 0.227 e. The van der Waals surface area contributed by atoms with E-state index < -0.39 is 9.84 Å². The summed E-state index contributed by atoms with van der Waals surface area (Å²) in [5, 5.41) is 4.72. The molecule has 32 heavy (non-hydrogen) atoms. The lowest BCUT2D eigenvalue weighted by Crippen LogP contribution is -2.40. The Labute approximate surface area is 197 Å². The standard InChI is InChI=1S/C23H22Cl2N2O4S/c1-14-11-16(26-31-14)13-32(29,30)22-8-3-5-17-15(2)27(10-9-18(17)22)23(28)12-19-20(24)6-4-7-21(19)25/h3-8,11,15H,9-10,12-13H2,1-2H3. The van der Waals surface area contributed by atoms with Gasteiger partial charge in [0.2, 0.25) is 5.91 Å². The maximum absolute atomic E-state index is 13.1. The van der Waals surface area contributed by atoms with Crippen molar-refractivity contribution < 1.29 is 17.7 Å². The molecule has 2 heterocycles. The fourth-order valence-corrected chi connectivity index (χ4v) is 6.27. The van der Waals surface area contributed by atoms with E-state index in [-0.39, 0.29) is 29.0 Å². The third-order valence-electron chi connectivity index (χ3n) is 5.75. The second-order valence-corrected chi connectivity index (χ2v) is 10.7. The molecule has 0 saturated carbocycles. The fourth-order valence-electron chi connectivity index (χ4n) is 4.18. The van der Waals surface area contributed by atoms with Gasteiger partial charge in [0.25, 0.3) is 0 Å². The van der Waals surface area contributed by atoms with Gasteiger partial charge >= 0.3 is 0 Å². The van der Waals surface area contributed by atoms with Crippen molar-refractivity contribution in [1.29, 1.82) is 0 Å². The molecule has 1 amide bonds. The van der Waals surface area contributed by atoms with E-state index in [1.807, 2.05) is 13.0 Å². The van der Waals surface area contributed by atoms with Crippen LogP contribution in [0, 0.1) is 6.92 Å². The molecule has 2 aromatic carbocycles. The number of hydrogen-bond acceptors (Lipinski definition) is 5. The molecule has 1 aromatic heterocycles. The number of halogens is 2. The highest BCUT2D eigenvalue weighted by molar-refractivity contribution is 7.90. The molecule has 4 rings (SSSR count). The van der Waals surface area contributed by atoms with Gasteiger partial charge in [-0.15, -0.1) is 0 Å². The lowest BCUT2D eigenvalue weighted by atomic mass is 9.93. The highest BCUT2D eigenvalue weighted by Crippen LogP contribution is 2.35. The van der Waals surface area contributed by atoms with E-state index >= 15 is 0 Å². The predicted molar refractivity (Wildman–Crippen MR) is 123 cm³/mol. The van der Waals surface area contributed by atoms with Gasteiger partial charge in [-0.25, -0.2) is 8.42 Å². The van der Waals surface area contributed by atoms with Crippen LogP contribution in [0.2, 0.25) is 10.0 Å². The number of rotatable bonds is 5. The van der Waals surface area contributed by atoms with E-state index in [4.69, 9.17) is 27.7 Å². The first-order valence-corrected chi connectivity index (χ1v) is 12.6. The molecule has 0 fully saturated rings. The summed E-state index contributed by atoms with van der Waals surface area (Å²) in [6.45, 7) is 4.03. The maximum atomic E-state index is 13.1. The van der Waals surface area contributed by atoms with E-state index in [1.54, 1.807) is 48.2 Å². The van der Waals surface area contributed by atoms with Crippen molar-refractivity contribution in [3.63, 3.8) is 0 Å². The second kappa shape index (κ2) is 8.89. The highest BCUT2D eigenvalue weighted by Gasteiger charge is 2.32. The van der Waals surface area contributed by atoms with E-state index in [0.29, 0.717) is 40.0 Å². The molecule has 0 aliphatic carbocycles. The molecule has 168 valence electrons. The number of aryl methyl sites for hydroxylation is 1. The van der Waals surface area contributed by atoms with E-state index in [1.165, 1.54) is 0 Å². The Kier molecular flexibility index (Phi) is 6.34. The number of aromatic nitrogens is 1. The van der Waals surface area contributed by atoms with Crippen LogP contribution < -0.4 is 0 Å². The first-order chi connectivity index (χ1) is 15.2. The number of carbonyl (C=O) groups is 1. The Morgan fingerprint density at radius 2 is 1.88 bits per heavy atom. The minimum atomic E-state index is -3.62. The van der Waals surface area contributed by atoms with Gasteiger partial charge in [0, 0.05) is 22.7 Å². The average molecular weight is 493 g/mol. The Bertz CT molecular complexity index is 1270. The first-order valence-electron chi connectivity index (χ1n) is 10.2. The van der Waals surface area contributed by atoms with Crippen LogP contribution in [0.25, 0.3) is 0 Å². The quantitative estimate of drug-likeness (QED) is 0.503. The van der Waals surface area contributed by atoms with Gasteiger partial charge in [-0.2, -0.15) is 0 Å². The molecular weight excluding hydrogens is 471 g/mol. The molecule has 6 nitrogen and oxygen atoms in total. The normalized spacial score (nSPS) is 16.1. The molecule has 0 saturated heterocycles. The Morgan fingerprint density at radius 1 is 1.19 bits per heavy atom. The van der Waals surface area contributed by atoms with Gasteiger partial charge in [0.05, 0.1) is 23.1 Å². The van der Waals surface area contributed by atoms with Crippen LogP contribution in [0.1, 0.15) is 41.1 Å². The summed E-state index contributed by atoms with van der Waals surface area (Å²) in [5.41, 5.74) is 2.54. The van der Waals surface area contributed by atoms with Crippen molar-refractivity contribution in [3.05, 3.63) is 80.7 Å². The number of carbonyl (C=O) groups excluding carboxylic acids is 1. The van der Waals surface area contributed by atoms with Gasteiger partial charge in [0.1, 0.15) is 11.5 Å². The number of amides is 1. The molecule has 3 aromatic rings. The van der Waals surface area contributed by atoms with E-state index in [2.05, 4.69) is 5.16 Å². The van der Waals surface area contributed by atoms with Crippen molar-refractivity contribution in [2.45, 2.75) is 43.4 Å². The zero-order valence-corrected chi connectivity index (χ0v) is 20.0. The number of benzene rings is 2. The SMILES string of the molecule is Cc1cc(CS(=O)(=O)c2cccc3c2CCN(C(=O)Cc2c(Cl)cccc2Cl)C3C)no1. The van der Waals surface area contributed by atoms with E-state index in [0.717, 1.165) is 11.1 Å². The average Bonchev–Trinajstić information content (AvgIpc) is 3.14. The summed E-state index contributed by atoms with van der Waals surface area (Å²) < 4.78 is 31.3. The molecule has 0 radical (unpaired) electrons. The van der Waals surface area contributed by atoms with Crippen LogP contribution in [0.3, 0.4) is 0 Å². The zero-order chi connectivity index (χ0) is 23.0. The van der Waals surface area contributed by atoms with Gasteiger partial charge in [-0.05, 0) is 55.2 Å². The smallest absolute Gasteiger partial charge is 0.227 e. The van der Waals surface area contributed by atoms with Crippen LogP contribution in [0.15, 0.2) is 51.9 Å². The molecule has 1 unspecified atom stereocenters. The Morgan fingerprint density at radius 3 is 2.53 bits per heavy atom. The highest BCUT2D eigenvalue weighted by atomic mass is 35.5. The topological polar surface area (TPSA) is 80.5 Å². The predicted octanol–water partition coefficient (Wildman–Crippen LogP) is 4.95. The molecule has 1 aliphatic rings. The van der Waals surface area contributed by atoms with Crippen molar-refractivity contribution in [2.75, 3.05) is 6.54 Å². The molecule has 1 atom stereocenters. The minimum Gasteiger partial charge on any atom is -0.361 e. The third kappa shape index (κ3) is 4.42. The summed E-state index contributed by atoms with van der Waals surface area (Å²) in [4.78, 5) is 15.1. The van der Waals surface area contributed by atoms with Gasteiger partial charge in [-0.3, -0.25) is 4.79 Å². The summed E-state index contributed by atoms with van der Waals surface area (Å²) in [6, 6.07) is 11.7. The lowest BCUT2D eigenvalue weighted by molar-refractivity contribution is -0.133. The van der Waals surface area contributed by atoms with Crippen LogP contribution in [-0.2, 0) is 33.2 Å². The number of sulfone groups is 1. The molecule has 0 spiro atoms. The number of fused-ring (bicyclic) bond motifs is 1. The zero-order valence-electron chi connectivity index (χ0n) is 17.6. The fraction of sp³-hybridized carbons (Fsp3) is 0.304. The second-order valence-electron chi connectivity index (χ2n) is 7.90. The van der Waals surface area contributed by atoms with E-state index in [9.17, 15) is 13.2 Å². The summed E-state index contributed by atoms with van der Waals surface area (Å²) in [5.74, 6) is 0.221. The van der Waals surface area contributed by atoms with Crippen LogP contribution in [0.5, 0.6) is 0 Å². The molecule has 0 N–H and O–H groups in total. The molecule has 9 heteroatoms.